The van der Waals surface area contributed by atoms with Gasteiger partial charge in [0.15, 0.2) is 0 Å². The molecule has 116 valence electrons. The highest BCUT2D eigenvalue weighted by molar-refractivity contribution is 7.89. The summed E-state index contributed by atoms with van der Waals surface area (Å²) in [7, 11) is -1.95. The first kappa shape index (κ1) is 15.7. The molecule has 2 rings (SSSR count). The van der Waals surface area contributed by atoms with E-state index in [1.165, 1.54) is 0 Å². The Balaban J connectivity index is 2.14. The van der Waals surface area contributed by atoms with E-state index in [9.17, 15) is 13.5 Å². The highest BCUT2D eigenvalue weighted by atomic mass is 32.2. The van der Waals surface area contributed by atoms with Crippen LogP contribution in [0.25, 0.3) is 0 Å². The molecule has 0 unspecified atom stereocenters. The second-order valence-corrected chi connectivity index (χ2v) is 6.39. The Hall–Kier alpha value is -1.71. The van der Waals surface area contributed by atoms with Gasteiger partial charge in [-0.1, -0.05) is 0 Å². The average Bonchev–Trinajstić information content (AvgIpc) is 2.93. The van der Waals surface area contributed by atoms with Gasteiger partial charge in [-0.15, -0.1) is 10.2 Å². The molecule has 0 bridgehead atoms. The zero-order valence-corrected chi connectivity index (χ0v) is 12.9. The molecular weight excluding hydrogens is 296 g/mol. The summed E-state index contributed by atoms with van der Waals surface area (Å²) in [5, 5.41) is 16.9. The number of hydrogen-bond donors (Lipinski definition) is 2. The maximum absolute atomic E-state index is 12.3. The van der Waals surface area contributed by atoms with Crippen molar-refractivity contribution in [1.82, 2.24) is 19.5 Å². The van der Waals surface area contributed by atoms with Gasteiger partial charge in [-0.25, -0.2) is 13.1 Å². The second-order valence-electron chi connectivity index (χ2n) is 4.69. The number of hydrogen-bond acceptors (Lipinski definition) is 6. The van der Waals surface area contributed by atoms with Gasteiger partial charge < -0.3 is 14.1 Å². The monoisotopic (exact) mass is 314 g/mol. The van der Waals surface area contributed by atoms with Crippen LogP contribution in [0.3, 0.4) is 0 Å². The molecule has 21 heavy (non-hydrogen) atoms. The van der Waals surface area contributed by atoms with Gasteiger partial charge in [0, 0.05) is 25.6 Å². The topological polar surface area (TPSA) is 110 Å². The SMILES string of the molecule is Cc1oc(C)c(S(=O)(=O)NCCc2nncn2C)c1CO. The third-order valence-corrected chi connectivity index (χ3v) is 4.85. The molecule has 8 nitrogen and oxygen atoms in total. The van der Waals surface area contributed by atoms with Gasteiger partial charge in [0.2, 0.25) is 10.0 Å². The van der Waals surface area contributed by atoms with Crippen LogP contribution in [0.5, 0.6) is 0 Å². The van der Waals surface area contributed by atoms with Crippen LogP contribution < -0.4 is 4.72 Å². The number of nitrogens with one attached hydrogen (secondary N) is 1. The summed E-state index contributed by atoms with van der Waals surface area (Å²) < 4.78 is 34.2. The summed E-state index contributed by atoms with van der Waals surface area (Å²) in [5.41, 5.74) is 0.290. The minimum atomic E-state index is -3.74. The minimum Gasteiger partial charge on any atom is -0.465 e. The van der Waals surface area contributed by atoms with Gasteiger partial charge in [-0.3, -0.25) is 0 Å². The Kier molecular flexibility index (Phi) is 4.45. The number of furan rings is 1. The molecule has 2 aromatic heterocycles. The number of aromatic nitrogens is 3. The van der Waals surface area contributed by atoms with Crippen molar-refractivity contribution in [3.63, 3.8) is 0 Å². The molecule has 0 spiro atoms. The predicted octanol–water partition coefficient (Wildman–Crippen LogP) is 0.0382. The van der Waals surface area contributed by atoms with E-state index < -0.39 is 10.0 Å². The van der Waals surface area contributed by atoms with E-state index in [2.05, 4.69) is 14.9 Å². The predicted molar refractivity (Wildman–Crippen MR) is 74.0 cm³/mol. The Morgan fingerprint density at radius 3 is 2.67 bits per heavy atom. The van der Waals surface area contributed by atoms with Crippen molar-refractivity contribution in [3.8, 4) is 0 Å². The minimum absolute atomic E-state index is 0.0143. The lowest BCUT2D eigenvalue weighted by atomic mass is 10.2. The van der Waals surface area contributed by atoms with E-state index in [1.807, 2.05) is 0 Å². The maximum Gasteiger partial charge on any atom is 0.244 e. The molecule has 0 radical (unpaired) electrons. The Morgan fingerprint density at radius 2 is 2.10 bits per heavy atom. The van der Waals surface area contributed by atoms with E-state index in [1.54, 1.807) is 31.8 Å². The summed E-state index contributed by atoms with van der Waals surface area (Å²) >= 11 is 0. The number of aliphatic hydroxyl groups excluding tert-OH is 1. The molecule has 0 saturated carbocycles. The van der Waals surface area contributed by atoms with Crippen molar-refractivity contribution in [1.29, 1.82) is 0 Å². The van der Waals surface area contributed by atoms with Gasteiger partial charge in [-0.05, 0) is 13.8 Å². The lowest BCUT2D eigenvalue weighted by Crippen LogP contribution is -2.27. The van der Waals surface area contributed by atoms with Crippen LogP contribution in [0, 0.1) is 13.8 Å². The van der Waals surface area contributed by atoms with E-state index in [-0.39, 0.29) is 23.8 Å². The third-order valence-electron chi connectivity index (χ3n) is 3.20. The molecule has 2 aromatic rings. The second kappa shape index (κ2) is 5.96. The van der Waals surface area contributed by atoms with Crippen LogP contribution in [0.4, 0.5) is 0 Å². The van der Waals surface area contributed by atoms with E-state index >= 15 is 0 Å². The molecule has 0 fully saturated rings. The van der Waals surface area contributed by atoms with Crippen molar-refractivity contribution in [2.24, 2.45) is 7.05 Å². The molecule has 0 aliphatic rings. The molecule has 0 saturated heterocycles. The highest BCUT2D eigenvalue weighted by Gasteiger charge is 2.26. The lowest BCUT2D eigenvalue weighted by Gasteiger charge is -2.07. The molecule has 0 aliphatic heterocycles. The van der Waals surface area contributed by atoms with Gasteiger partial charge in [0.25, 0.3) is 0 Å². The Labute approximate surface area is 122 Å². The van der Waals surface area contributed by atoms with Crippen LogP contribution in [0.2, 0.25) is 0 Å². The largest absolute Gasteiger partial charge is 0.465 e. The number of nitrogens with zero attached hydrogens (tertiary/aromatic N) is 3. The Bertz CT molecular complexity index is 733. The molecule has 0 aliphatic carbocycles. The fraction of sp³-hybridized carbons (Fsp3) is 0.500. The number of rotatable bonds is 6. The van der Waals surface area contributed by atoms with Crippen molar-refractivity contribution in [2.75, 3.05) is 6.54 Å². The summed E-state index contributed by atoms with van der Waals surface area (Å²) in [6, 6.07) is 0. The summed E-state index contributed by atoms with van der Waals surface area (Å²) in [4.78, 5) is 0.0143. The average molecular weight is 314 g/mol. The molecular formula is C12H18N4O4S. The zero-order chi connectivity index (χ0) is 15.6. The normalized spacial score (nSPS) is 12.0. The van der Waals surface area contributed by atoms with E-state index in [0.717, 1.165) is 0 Å². The summed E-state index contributed by atoms with van der Waals surface area (Å²) in [6.45, 7) is 2.98. The lowest BCUT2D eigenvalue weighted by molar-refractivity contribution is 0.276. The molecule has 9 heteroatoms. The van der Waals surface area contributed by atoms with Gasteiger partial charge in [0.1, 0.15) is 28.6 Å². The standard InChI is InChI=1S/C12H18N4O4S/c1-8-10(6-17)12(9(2)20-8)21(18,19)14-5-4-11-15-13-7-16(11)3/h7,14,17H,4-6H2,1-3H3. The van der Waals surface area contributed by atoms with Crippen molar-refractivity contribution < 1.29 is 17.9 Å². The van der Waals surface area contributed by atoms with Crippen LogP contribution in [0.1, 0.15) is 22.9 Å². The Morgan fingerprint density at radius 1 is 1.38 bits per heavy atom. The first-order valence-corrected chi connectivity index (χ1v) is 7.87. The first-order chi connectivity index (χ1) is 9.86. The number of aliphatic hydroxyl groups is 1. The zero-order valence-electron chi connectivity index (χ0n) is 12.1. The molecule has 0 aromatic carbocycles. The summed E-state index contributed by atoms with van der Waals surface area (Å²) in [6.07, 6.45) is 1.97. The van der Waals surface area contributed by atoms with Gasteiger partial charge in [0.05, 0.1) is 6.61 Å². The number of sulfonamides is 1. The van der Waals surface area contributed by atoms with Crippen LogP contribution in [0.15, 0.2) is 15.6 Å². The highest BCUT2D eigenvalue weighted by Crippen LogP contribution is 2.26. The summed E-state index contributed by atoms with van der Waals surface area (Å²) in [5.74, 6) is 1.35. The van der Waals surface area contributed by atoms with Crippen molar-refractivity contribution in [2.45, 2.75) is 31.8 Å². The van der Waals surface area contributed by atoms with Crippen LogP contribution >= 0.6 is 0 Å². The fourth-order valence-electron chi connectivity index (χ4n) is 2.15. The van der Waals surface area contributed by atoms with E-state index in [0.29, 0.717) is 23.6 Å². The van der Waals surface area contributed by atoms with Crippen LogP contribution in [-0.2, 0) is 30.1 Å². The first-order valence-electron chi connectivity index (χ1n) is 6.39. The molecule has 0 atom stereocenters. The number of aryl methyl sites for hydroxylation is 3. The van der Waals surface area contributed by atoms with Gasteiger partial charge in [-0.2, -0.15) is 0 Å². The maximum atomic E-state index is 12.3. The molecule has 2 heterocycles. The van der Waals surface area contributed by atoms with Gasteiger partial charge >= 0.3 is 0 Å². The van der Waals surface area contributed by atoms with Crippen LogP contribution in [-0.4, -0.2) is 34.8 Å². The molecule has 2 N–H and O–H groups in total. The fourth-order valence-corrected chi connectivity index (χ4v) is 3.62. The smallest absolute Gasteiger partial charge is 0.244 e. The van der Waals surface area contributed by atoms with Crippen molar-refractivity contribution in [3.05, 3.63) is 29.2 Å². The molecule has 0 amide bonds. The third kappa shape index (κ3) is 3.14. The van der Waals surface area contributed by atoms with Crippen molar-refractivity contribution >= 4 is 10.0 Å². The van der Waals surface area contributed by atoms with E-state index in [4.69, 9.17) is 4.42 Å². The quantitative estimate of drug-likeness (QED) is 0.779.